The Morgan fingerprint density at radius 2 is 2.44 bits per heavy atom. The molecule has 2 aromatic heterocycles. The molecule has 1 amide bonds. The van der Waals surface area contributed by atoms with Crippen LogP contribution in [0.4, 0.5) is 0 Å². The molecule has 7 heteroatoms. The lowest BCUT2D eigenvalue weighted by Crippen LogP contribution is -2.27. The highest BCUT2D eigenvalue weighted by Crippen LogP contribution is 1.96. The van der Waals surface area contributed by atoms with E-state index in [0.29, 0.717) is 11.8 Å². The summed E-state index contributed by atoms with van der Waals surface area (Å²) in [7, 11) is 0. The van der Waals surface area contributed by atoms with Crippen molar-refractivity contribution in [3.8, 4) is 0 Å². The number of carbonyl (C=O) groups is 1. The maximum Gasteiger partial charge on any atom is 0.242 e. The number of carbonyl (C=O) groups excluding carboxylic acids is 1. The zero-order chi connectivity index (χ0) is 11.4. The summed E-state index contributed by atoms with van der Waals surface area (Å²) in [5.41, 5.74) is 0. The molecule has 0 bridgehead atoms. The molecule has 2 rings (SSSR count). The van der Waals surface area contributed by atoms with Crippen molar-refractivity contribution in [3.05, 3.63) is 30.2 Å². The molecule has 0 aliphatic rings. The van der Waals surface area contributed by atoms with Gasteiger partial charge in [-0.25, -0.2) is 0 Å². The SMILES string of the molecule is Cc1nnc(CNC(=O)Cn2cccn2)o1. The standard InChI is InChI=1S/C9H11N5O2/c1-7-12-13-9(16-7)5-10-8(15)6-14-4-2-3-11-14/h2-4H,5-6H2,1H3,(H,10,15). The molecule has 0 saturated heterocycles. The maximum absolute atomic E-state index is 11.4. The van der Waals surface area contributed by atoms with Crippen LogP contribution in [0.2, 0.25) is 0 Å². The van der Waals surface area contributed by atoms with Crippen LogP contribution in [-0.4, -0.2) is 25.9 Å². The fraction of sp³-hybridized carbons (Fsp3) is 0.333. The van der Waals surface area contributed by atoms with E-state index < -0.39 is 0 Å². The van der Waals surface area contributed by atoms with Gasteiger partial charge in [0.1, 0.15) is 6.54 Å². The number of hydrogen-bond donors (Lipinski definition) is 1. The molecule has 0 saturated carbocycles. The summed E-state index contributed by atoms with van der Waals surface area (Å²) in [6.07, 6.45) is 3.34. The zero-order valence-corrected chi connectivity index (χ0v) is 8.75. The van der Waals surface area contributed by atoms with Crippen LogP contribution in [0.1, 0.15) is 11.8 Å². The van der Waals surface area contributed by atoms with Crippen LogP contribution >= 0.6 is 0 Å². The summed E-state index contributed by atoms with van der Waals surface area (Å²) >= 11 is 0. The number of rotatable bonds is 4. The molecule has 84 valence electrons. The third-order valence-corrected chi connectivity index (χ3v) is 1.87. The van der Waals surface area contributed by atoms with Crippen LogP contribution < -0.4 is 5.32 Å². The predicted octanol–water partition coefficient (Wildman–Crippen LogP) is -0.109. The van der Waals surface area contributed by atoms with Crippen molar-refractivity contribution in [1.82, 2.24) is 25.3 Å². The molecule has 1 N–H and O–H groups in total. The molecule has 0 unspecified atom stereocenters. The minimum atomic E-state index is -0.153. The number of aromatic nitrogens is 4. The monoisotopic (exact) mass is 221 g/mol. The van der Waals surface area contributed by atoms with Gasteiger partial charge in [0.2, 0.25) is 17.7 Å². The quantitative estimate of drug-likeness (QED) is 0.778. The minimum absolute atomic E-state index is 0.153. The van der Waals surface area contributed by atoms with Crippen molar-refractivity contribution in [2.45, 2.75) is 20.0 Å². The summed E-state index contributed by atoms with van der Waals surface area (Å²) in [4.78, 5) is 11.4. The van der Waals surface area contributed by atoms with Crippen molar-refractivity contribution in [3.63, 3.8) is 0 Å². The Balaban J connectivity index is 1.80. The molecule has 0 aromatic carbocycles. The lowest BCUT2D eigenvalue weighted by atomic mass is 10.5. The third-order valence-electron chi connectivity index (χ3n) is 1.87. The molecule has 2 heterocycles. The van der Waals surface area contributed by atoms with Crippen LogP contribution in [0.3, 0.4) is 0 Å². The number of nitrogens with one attached hydrogen (secondary N) is 1. The van der Waals surface area contributed by atoms with Crippen molar-refractivity contribution in [2.75, 3.05) is 0 Å². The number of nitrogens with zero attached hydrogens (tertiary/aromatic N) is 4. The van der Waals surface area contributed by atoms with Gasteiger partial charge in [0.15, 0.2) is 0 Å². The van der Waals surface area contributed by atoms with Gasteiger partial charge >= 0.3 is 0 Å². The topological polar surface area (TPSA) is 85.8 Å². The van der Waals surface area contributed by atoms with E-state index in [4.69, 9.17) is 4.42 Å². The largest absolute Gasteiger partial charge is 0.424 e. The molecule has 7 nitrogen and oxygen atoms in total. The van der Waals surface area contributed by atoms with Crippen molar-refractivity contribution in [1.29, 1.82) is 0 Å². The van der Waals surface area contributed by atoms with E-state index in [-0.39, 0.29) is 19.0 Å². The Kier molecular flexibility index (Phi) is 2.95. The summed E-state index contributed by atoms with van der Waals surface area (Å²) in [5.74, 6) is 0.724. The van der Waals surface area contributed by atoms with E-state index in [1.165, 1.54) is 4.68 Å². The van der Waals surface area contributed by atoms with Crippen LogP contribution in [0.15, 0.2) is 22.9 Å². The first-order chi connectivity index (χ1) is 7.74. The second-order valence-electron chi connectivity index (χ2n) is 3.20. The first-order valence-electron chi connectivity index (χ1n) is 4.77. The Morgan fingerprint density at radius 3 is 3.06 bits per heavy atom. The van der Waals surface area contributed by atoms with Crippen LogP contribution in [-0.2, 0) is 17.9 Å². The predicted molar refractivity (Wildman–Crippen MR) is 53.1 cm³/mol. The lowest BCUT2D eigenvalue weighted by molar-refractivity contribution is -0.122. The van der Waals surface area contributed by atoms with Gasteiger partial charge in [0.25, 0.3) is 0 Å². The first kappa shape index (κ1) is 10.3. The Labute approximate surface area is 91.5 Å². The molecule has 0 spiro atoms. The van der Waals surface area contributed by atoms with Gasteiger partial charge in [-0.3, -0.25) is 9.48 Å². The van der Waals surface area contributed by atoms with Gasteiger partial charge in [0.05, 0.1) is 6.54 Å². The van der Waals surface area contributed by atoms with Crippen molar-refractivity contribution < 1.29 is 9.21 Å². The Morgan fingerprint density at radius 1 is 1.56 bits per heavy atom. The Bertz CT molecular complexity index is 462. The van der Waals surface area contributed by atoms with Gasteiger partial charge < -0.3 is 9.73 Å². The van der Waals surface area contributed by atoms with E-state index in [9.17, 15) is 4.79 Å². The molecule has 0 atom stereocenters. The summed E-state index contributed by atoms with van der Waals surface area (Å²) in [6, 6.07) is 1.76. The smallest absolute Gasteiger partial charge is 0.242 e. The van der Waals surface area contributed by atoms with Crippen LogP contribution in [0, 0.1) is 6.92 Å². The fourth-order valence-electron chi connectivity index (χ4n) is 1.18. The summed E-state index contributed by atoms with van der Waals surface area (Å²) in [5, 5.41) is 14.0. The van der Waals surface area contributed by atoms with E-state index in [1.807, 2.05) is 0 Å². The van der Waals surface area contributed by atoms with E-state index in [2.05, 4.69) is 20.6 Å². The average molecular weight is 221 g/mol. The number of amides is 1. The number of aryl methyl sites for hydroxylation is 1. The fourth-order valence-corrected chi connectivity index (χ4v) is 1.18. The molecular weight excluding hydrogens is 210 g/mol. The van der Waals surface area contributed by atoms with Crippen LogP contribution in [0.5, 0.6) is 0 Å². The highest BCUT2D eigenvalue weighted by atomic mass is 16.4. The Hall–Kier alpha value is -2.18. The van der Waals surface area contributed by atoms with Crippen molar-refractivity contribution >= 4 is 5.91 Å². The highest BCUT2D eigenvalue weighted by Gasteiger charge is 2.06. The summed E-state index contributed by atoms with van der Waals surface area (Å²) < 4.78 is 6.65. The van der Waals surface area contributed by atoms with Gasteiger partial charge in [-0.05, 0) is 6.07 Å². The molecule has 0 fully saturated rings. The molecule has 16 heavy (non-hydrogen) atoms. The second-order valence-corrected chi connectivity index (χ2v) is 3.20. The third kappa shape index (κ3) is 2.66. The molecule has 0 radical (unpaired) electrons. The van der Waals surface area contributed by atoms with Crippen LogP contribution in [0.25, 0.3) is 0 Å². The lowest BCUT2D eigenvalue weighted by Gasteiger charge is -2.02. The first-order valence-corrected chi connectivity index (χ1v) is 4.77. The van der Waals surface area contributed by atoms with E-state index >= 15 is 0 Å². The maximum atomic E-state index is 11.4. The van der Waals surface area contributed by atoms with Gasteiger partial charge in [-0.1, -0.05) is 0 Å². The zero-order valence-electron chi connectivity index (χ0n) is 8.75. The number of hydrogen-bond acceptors (Lipinski definition) is 5. The second kappa shape index (κ2) is 4.56. The van der Waals surface area contributed by atoms with Crippen molar-refractivity contribution in [2.24, 2.45) is 0 Å². The van der Waals surface area contributed by atoms with E-state index in [1.54, 1.807) is 25.4 Å². The molecular formula is C9H11N5O2. The normalized spacial score (nSPS) is 10.3. The van der Waals surface area contributed by atoms with Gasteiger partial charge in [0, 0.05) is 19.3 Å². The summed E-state index contributed by atoms with van der Waals surface area (Å²) in [6.45, 7) is 2.11. The minimum Gasteiger partial charge on any atom is -0.424 e. The van der Waals surface area contributed by atoms with Gasteiger partial charge in [-0.15, -0.1) is 10.2 Å². The van der Waals surface area contributed by atoms with E-state index in [0.717, 1.165) is 0 Å². The highest BCUT2D eigenvalue weighted by molar-refractivity contribution is 5.75. The average Bonchev–Trinajstić information content (AvgIpc) is 2.87. The molecule has 2 aromatic rings. The molecule has 0 aliphatic carbocycles. The molecule has 0 aliphatic heterocycles. The van der Waals surface area contributed by atoms with Gasteiger partial charge in [-0.2, -0.15) is 5.10 Å².